The predicted octanol–water partition coefficient (Wildman–Crippen LogP) is 7.46. The Bertz CT molecular complexity index is 1360. The van der Waals surface area contributed by atoms with E-state index in [4.69, 9.17) is 27.4 Å². The second-order valence-corrected chi connectivity index (χ2v) is 8.63. The number of halogens is 1. The van der Waals surface area contributed by atoms with Crippen LogP contribution in [0, 0.1) is 4.91 Å². The summed E-state index contributed by atoms with van der Waals surface area (Å²) in [5.74, 6) is 0.397. The lowest BCUT2D eigenvalue weighted by atomic mass is 9.91. The monoisotopic (exact) mass is 538 g/mol. The Kier molecular flexibility index (Phi) is 9.73. The van der Waals surface area contributed by atoms with Crippen molar-refractivity contribution in [2.75, 3.05) is 18.4 Å². The minimum atomic E-state index is -1.56. The van der Waals surface area contributed by atoms with E-state index in [1.54, 1.807) is 54.6 Å². The van der Waals surface area contributed by atoms with Crippen LogP contribution in [0.4, 0.5) is 5.69 Å². The number of carbonyl (C=O) groups is 1. The topological polar surface area (TPSA) is 186 Å². The highest BCUT2D eigenvalue weighted by Gasteiger charge is 2.33. The van der Waals surface area contributed by atoms with Crippen molar-refractivity contribution in [1.82, 2.24) is 0 Å². The summed E-state index contributed by atoms with van der Waals surface area (Å²) in [7, 11) is 0. The van der Waals surface area contributed by atoms with Gasteiger partial charge < -0.3 is 14.6 Å². The van der Waals surface area contributed by atoms with Gasteiger partial charge >= 0.3 is 0 Å². The van der Waals surface area contributed by atoms with Crippen LogP contribution in [0.15, 0.2) is 87.0 Å². The first-order chi connectivity index (χ1) is 17.9. The lowest BCUT2D eigenvalue weighted by Crippen LogP contribution is -2.30. The molecular formula is C23H19ClN8O4S. The molecule has 0 heterocycles. The van der Waals surface area contributed by atoms with E-state index in [2.05, 4.69) is 30.5 Å². The van der Waals surface area contributed by atoms with Crippen molar-refractivity contribution in [1.29, 1.82) is 0 Å². The summed E-state index contributed by atoms with van der Waals surface area (Å²) in [5, 5.41) is 13.2. The largest absolute Gasteiger partial charge is 0.456 e. The van der Waals surface area contributed by atoms with Gasteiger partial charge in [-0.3, -0.25) is 4.79 Å². The first-order valence-corrected chi connectivity index (χ1v) is 11.7. The van der Waals surface area contributed by atoms with Crippen molar-refractivity contribution in [2.45, 2.75) is 16.9 Å². The van der Waals surface area contributed by atoms with Crippen molar-refractivity contribution in [2.24, 2.45) is 15.4 Å². The van der Waals surface area contributed by atoms with Crippen LogP contribution in [0.5, 0.6) is 11.5 Å². The molecule has 0 spiro atoms. The van der Waals surface area contributed by atoms with Gasteiger partial charge in [-0.05, 0) is 58.6 Å². The van der Waals surface area contributed by atoms with Crippen LogP contribution in [0.25, 0.3) is 20.9 Å². The normalized spacial score (nSPS) is 11.8. The molecule has 14 heteroatoms. The molecule has 0 atom stereocenters. The Morgan fingerprint density at radius 2 is 1.73 bits per heavy atom. The zero-order valence-corrected chi connectivity index (χ0v) is 20.6. The second kappa shape index (κ2) is 13.2. The highest BCUT2D eigenvalue weighted by atomic mass is 35.5. The van der Waals surface area contributed by atoms with Crippen LogP contribution in [0.3, 0.4) is 0 Å². The van der Waals surface area contributed by atoms with Gasteiger partial charge in [-0.2, -0.15) is 0 Å². The average Bonchev–Trinajstić information content (AvgIpc) is 2.92. The summed E-state index contributed by atoms with van der Waals surface area (Å²) in [6, 6.07) is 18.0. The van der Waals surface area contributed by atoms with Crippen LogP contribution >= 0.6 is 23.6 Å². The highest BCUT2D eigenvalue weighted by molar-refractivity contribution is 7.93. The lowest BCUT2D eigenvalue weighted by molar-refractivity contribution is -0.115. The van der Waals surface area contributed by atoms with Crippen LogP contribution < -0.4 is 10.1 Å². The number of carbonyl (C=O) groups excluding carboxylic acids is 1. The molecule has 0 aromatic heterocycles. The molecule has 0 unspecified atom stereocenters. The van der Waals surface area contributed by atoms with E-state index in [1.165, 1.54) is 12.1 Å². The summed E-state index contributed by atoms with van der Waals surface area (Å²) in [6.07, 6.45) is 0.0857. The summed E-state index contributed by atoms with van der Waals surface area (Å²) in [5.41, 5.74) is 17.2. The first-order valence-electron chi connectivity index (χ1n) is 10.6. The molecule has 0 aliphatic carbocycles. The highest BCUT2D eigenvalue weighted by Crippen LogP contribution is 2.35. The second-order valence-electron chi connectivity index (χ2n) is 7.60. The SMILES string of the molecule is [N-]=[N+]=NCC(CN=[N+]=[N-])(N=O)c1ccc(Oc2ccc(NC(=O)Cc3ccccc3Cl)cc2SO)cc1. The number of ether oxygens (including phenoxy) is 1. The van der Waals surface area contributed by atoms with Crippen molar-refractivity contribution in [3.8, 4) is 11.5 Å². The smallest absolute Gasteiger partial charge is 0.228 e. The summed E-state index contributed by atoms with van der Waals surface area (Å²) < 4.78 is 15.6. The number of anilines is 1. The number of hydrogen-bond donors (Lipinski definition) is 2. The fourth-order valence-corrected chi connectivity index (χ4v) is 3.94. The van der Waals surface area contributed by atoms with Crippen LogP contribution in [-0.4, -0.2) is 23.5 Å². The molecule has 37 heavy (non-hydrogen) atoms. The third kappa shape index (κ3) is 7.14. The zero-order valence-electron chi connectivity index (χ0n) is 19.1. The van der Waals surface area contributed by atoms with Crippen LogP contribution in [-0.2, 0) is 16.8 Å². The molecular weight excluding hydrogens is 520 g/mol. The summed E-state index contributed by atoms with van der Waals surface area (Å²) >= 11 is 6.56. The van der Waals surface area contributed by atoms with Crippen molar-refractivity contribution in [3.05, 3.63) is 109 Å². The number of amides is 1. The Morgan fingerprint density at radius 3 is 2.32 bits per heavy atom. The number of nitrogens with zero attached hydrogens (tertiary/aromatic N) is 7. The van der Waals surface area contributed by atoms with Gasteiger partial charge in [-0.1, -0.05) is 57.3 Å². The molecule has 0 radical (unpaired) electrons. The van der Waals surface area contributed by atoms with Gasteiger partial charge in [0.2, 0.25) is 5.91 Å². The van der Waals surface area contributed by atoms with Gasteiger partial charge in [0.05, 0.1) is 24.4 Å². The van der Waals surface area contributed by atoms with E-state index >= 15 is 0 Å². The Labute approximate surface area is 220 Å². The molecule has 0 saturated carbocycles. The van der Waals surface area contributed by atoms with E-state index in [1.807, 2.05) is 0 Å². The Hall–Kier alpha value is -4.25. The number of nitroso groups, excluding NO2 is 1. The molecule has 3 aromatic rings. The number of azide groups is 2. The minimum absolute atomic E-state index is 0.0857. The molecule has 3 rings (SSSR count). The Morgan fingerprint density at radius 1 is 1.05 bits per heavy atom. The fraction of sp³-hybridized carbons (Fsp3) is 0.174. The maximum Gasteiger partial charge on any atom is 0.228 e. The quantitative estimate of drug-likeness (QED) is 0.0794. The maximum atomic E-state index is 12.4. The molecule has 0 aliphatic rings. The third-order valence-corrected chi connectivity index (χ3v) is 6.10. The molecule has 0 aliphatic heterocycles. The number of nitrogens with one attached hydrogen (secondary N) is 1. The zero-order chi connectivity index (χ0) is 26.7. The van der Waals surface area contributed by atoms with Gasteiger partial charge in [-0.15, -0.1) is 4.91 Å². The van der Waals surface area contributed by atoms with Gasteiger partial charge in [0, 0.05) is 32.6 Å². The van der Waals surface area contributed by atoms with E-state index in [0.717, 1.165) is 0 Å². The summed E-state index contributed by atoms with van der Waals surface area (Å²) in [4.78, 5) is 29.7. The molecule has 188 valence electrons. The first kappa shape index (κ1) is 27.3. The van der Waals surface area contributed by atoms with Gasteiger partial charge in [0.15, 0.2) is 0 Å². The van der Waals surface area contributed by atoms with Crippen molar-refractivity contribution >= 4 is 35.2 Å². The van der Waals surface area contributed by atoms with Gasteiger partial charge in [0.1, 0.15) is 17.0 Å². The molecule has 2 N–H and O–H groups in total. The molecule has 12 nitrogen and oxygen atoms in total. The Balaban J connectivity index is 1.75. The standard InChI is InChI=1S/C23H19ClN8O4S/c24-19-4-2-1-3-15(19)11-22(33)29-17-7-10-20(21(12-17)37-35)36-18-8-5-16(6-9-18)23(30-34,13-27-31-25)14-28-32-26/h1-10,12,35H,11,13-14H2,(H,29,33). The van der Waals surface area contributed by atoms with Gasteiger partial charge in [0.25, 0.3) is 0 Å². The molecule has 0 bridgehead atoms. The van der Waals surface area contributed by atoms with E-state index in [-0.39, 0.29) is 25.4 Å². The predicted molar refractivity (Wildman–Crippen MR) is 141 cm³/mol. The number of benzene rings is 3. The maximum absolute atomic E-state index is 12.4. The minimum Gasteiger partial charge on any atom is -0.456 e. The average molecular weight is 539 g/mol. The van der Waals surface area contributed by atoms with Crippen molar-refractivity contribution < 1.29 is 14.1 Å². The van der Waals surface area contributed by atoms with Crippen LogP contribution in [0.2, 0.25) is 5.02 Å². The summed E-state index contributed by atoms with van der Waals surface area (Å²) in [6.45, 7) is -0.664. The molecule has 0 fully saturated rings. The van der Waals surface area contributed by atoms with Crippen molar-refractivity contribution in [3.63, 3.8) is 0 Å². The fourth-order valence-electron chi connectivity index (χ4n) is 3.36. The lowest BCUT2D eigenvalue weighted by Gasteiger charge is -2.23. The third-order valence-electron chi connectivity index (χ3n) is 5.22. The van der Waals surface area contributed by atoms with E-state index in [0.29, 0.717) is 50.3 Å². The van der Waals surface area contributed by atoms with Gasteiger partial charge in [-0.25, -0.2) is 0 Å². The van der Waals surface area contributed by atoms with Crippen LogP contribution in [0.1, 0.15) is 11.1 Å². The number of rotatable bonds is 12. The van der Waals surface area contributed by atoms with E-state index < -0.39 is 5.54 Å². The number of hydrogen-bond acceptors (Lipinski definition) is 8. The molecule has 3 aromatic carbocycles. The van der Waals surface area contributed by atoms with E-state index in [9.17, 15) is 14.3 Å². The molecule has 0 saturated heterocycles. The molecule has 1 amide bonds.